The molecular weight excluding hydrogens is 438 g/mol. The number of benzene rings is 2. The van der Waals surface area contributed by atoms with E-state index < -0.39 is 10.0 Å². The summed E-state index contributed by atoms with van der Waals surface area (Å²) in [7, 11) is 1.33. The molecule has 0 aliphatic rings. The van der Waals surface area contributed by atoms with Gasteiger partial charge in [0.1, 0.15) is 28.1 Å². The fourth-order valence-electron chi connectivity index (χ4n) is 2.83. The van der Waals surface area contributed by atoms with Gasteiger partial charge in [0, 0.05) is 36.6 Å². The zero-order valence-electron chi connectivity index (χ0n) is 17.9. The van der Waals surface area contributed by atoms with Crippen LogP contribution in [-0.4, -0.2) is 39.6 Å². The van der Waals surface area contributed by atoms with Crippen molar-refractivity contribution in [1.82, 2.24) is 9.97 Å². The summed E-state index contributed by atoms with van der Waals surface area (Å²) in [5.74, 6) is 2.29. The lowest BCUT2D eigenvalue weighted by atomic mass is 10.2. The van der Waals surface area contributed by atoms with Crippen LogP contribution in [0.4, 0.5) is 23.0 Å². The minimum absolute atomic E-state index is 0.0273. The summed E-state index contributed by atoms with van der Waals surface area (Å²) in [6, 6.07) is 11.6. The highest BCUT2D eigenvalue weighted by atomic mass is 35.5. The van der Waals surface area contributed by atoms with Crippen molar-refractivity contribution in [3.8, 4) is 5.75 Å². The molecule has 0 aliphatic carbocycles. The van der Waals surface area contributed by atoms with E-state index in [1.54, 1.807) is 37.3 Å². The van der Waals surface area contributed by atoms with Crippen LogP contribution in [0.25, 0.3) is 0 Å². The van der Waals surface area contributed by atoms with Crippen LogP contribution in [0.1, 0.15) is 11.4 Å². The number of nitrogens with zero attached hydrogens (tertiary/aromatic N) is 3. The van der Waals surface area contributed by atoms with Crippen molar-refractivity contribution in [2.45, 2.75) is 18.7 Å². The first kappa shape index (κ1) is 22.6. The lowest BCUT2D eigenvalue weighted by Crippen LogP contribution is -2.14. The van der Waals surface area contributed by atoms with E-state index in [0.717, 1.165) is 17.1 Å². The fraction of sp³-hybridized carbons (Fsp3) is 0.238. The summed E-state index contributed by atoms with van der Waals surface area (Å²) >= 11 is 6.12. The summed E-state index contributed by atoms with van der Waals surface area (Å²) in [5.41, 5.74) is 1.88. The molecule has 8 nitrogen and oxygen atoms in total. The number of sulfonamides is 1. The molecule has 0 fully saturated rings. The topological polar surface area (TPSA) is 96.5 Å². The highest BCUT2D eigenvalue weighted by molar-refractivity contribution is 7.92. The van der Waals surface area contributed by atoms with E-state index in [2.05, 4.69) is 20.0 Å². The van der Waals surface area contributed by atoms with Crippen LogP contribution in [0.3, 0.4) is 0 Å². The third-order valence-electron chi connectivity index (χ3n) is 4.43. The maximum Gasteiger partial charge on any atom is 0.265 e. The van der Waals surface area contributed by atoms with Crippen LogP contribution >= 0.6 is 11.6 Å². The second-order valence-electron chi connectivity index (χ2n) is 7.11. The highest BCUT2D eigenvalue weighted by Gasteiger charge is 2.21. The Bertz CT molecular complexity index is 1200. The van der Waals surface area contributed by atoms with Gasteiger partial charge < -0.3 is 15.0 Å². The van der Waals surface area contributed by atoms with E-state index in [1.807, 2.05) is 32.0 Å². The van der Waals surface area contributed by atoms with Gasteiger partial charge in [-0.25, -0.2) is 18.4 Å². The monoisotopic (exact) mass is 461 g/mol. The zero-order valence-corrected chi connectivity index (χ0v) is 19.5. The molecule has 0 unspecified atom stereocenters. The molecule has 0 radical (unpaired) electrons. The highest BCUT2D eigenvalue weighted by Crippen LogP contribution is 2.31. The maximum absolute atomic E-state index is 12.9. The Kier molecular flexibility index (Phi) is 6.56. The lowest BCUT2D eigenvalue weighted by molar-refractivity contribution is 0.402. The third kappa shape index (κ3) is 5.36. The SMILES string of the molecule is COc1cc(C)c(Cl)cc1S(=O)(=O)Nc1ccc(Nc2cc(N(C)C)nc(C)n2)cc1. The van der Waals surface area contributed by atoms with Crippen LogP contribution < -0.4 is 19.7 Å². The van der Waals surface area contributed by atoms with Gasteiger partial charge in [0.15, 0.2) is 0 Å². The Balaban J connectivity index is 1.80. The number of hydrogen-bond acceptors (Lipinski definition) is 7. The Morgan fingerprint density at radius 2 is 1.65 bits per heavy atom. The molecular formula is C21H24ClN5O3S. The summed E-state index contributed by atoms with van der Waals surface area (Å²) in [6.45, 7) is 3.60. The predicted octanol–water partition coefficient (Wildman–Crippen LogP) is 4.37. The van der Waals surface area contributed by atoms with Gasteiger partial charge in [-0.05, 0) is 55.8 Å². The third-order valence-corrected chi connectivity index (χ3v) is 6.24. The van der Waals surface area contributed by atoms with E-state index in [0.29, 0.717) is 22.4 Å². The number of aromatic nitrogens is 2. The van der Waals surface area contributed by atoms with Crippen molar-refractivity contribution in [3.05, 3.63) is 58.9 Å². The molecule has 0 saturated heterocycles. The van der Waals surface area contributed by atoms with Crippen molar-refractivity contribution in [2.75, 3.05) is 36.1 Å². The van der Waals surface area contributed by atoms with Gasteiger partial charge in [-0.1, -0.05) is 11.6 Å². The quantitative estimate of drug-likeness (QED) is 0.539. The van der Waals surface area contributed by atoms with Gasteiger partial charge in [-0.3, -0.25) is 4.72 Å². The Morgan fingerprint density at radius 1 is 1.00 bits per heavy atom. The largest absolute Gasteiger partial charge is 0.495 e. The van der Waals surface area contributed by atoms with E-state index in [-0.39, 0.29) is 10.6 Å². The number of anilines is 4. The molecule has 1 heterocycles. The number of rotatable bonds is 7. The van der Waals surface area contributed by atoms with Gasteiger partial charge in [-0.2, -0.15) is 0 Å². The fourth-order valence-corrected chi connectivity index (χ4v) is 4.30. The van der Waals surface area contributed by atoms with Crippen LogP contribution in [0.5, 0.6) is 5.75 Å². The minimum Gasteiger partial charge on any atom is -0.495 e. The summed E-state index contributed by atoms with van der Waals surface area (Å²) in [6.07, 6.45) is 0. The molecule has 0 saturated carbocycles. The average molecular weight is 462 g/mol. The first-order valence-corrected chi connectivity index (χ1v) is 11.2. The second kappa shape index (κ2) is 8.99. The number of hydrogen-bond donors (Lipinski definition) is 2. The Labute approximate surface area is 187 Å². The van der Waals surface area contributed by atoms with Gasteiger partial charge in [0.25, 0.3) is 10.0 Å². The summed E-state index contributed by atoms with van der Waals surface area (Å²) in [4.78, 5) is 10.6. The van der Waals surface area contributed by atoms with Gasteiger partial charge in [-0.15, -0.1) is 0 Å². The summed E-state index contributed by atoms with van der Waals surface area (Å²) in [5, 5.41) is 3.55. The van der Waals surface area contributed by atoms with Gasteiger partial charge in [0.05, 0.1) is 7.11 Å². The number of halogens is 1. The molecule has 10 heteroatoms. The molecule has 1 aromatic heterocycles. The van der Waals surface area contributed by atoms with Crippen molar-refractivity contribution in [1.29, 1.82) is 0 Å². The normalized spacial score (nSPS) is 11.2. The molecule has 31 heavy (non-hydrogen) atoms. The van der Waals surface area contributed by atoms with E-state index in [9.17, 15) is 8.42 Å². The van der Waals surface area contributed by atoms with E-state index in [4.69, 9.17) is 16.3 Å². The van der Waals surface area contributed by atoms with Crippen LogP contribution in [-0.2, 0) is 10.0 Å². The van der Waals surface area contributed by atoms with Gasteiger partial charge >= 0.3 is 0 Å². The molecule has 164 valence electrons. The zero-order chi connectivity index (χ0) is 22.8. The van der Waals surface area contributed by atoms with Crippen molar-refractivity contribution in [2.24, 2.45) is 0 Å². The van der Waals surface area contributed by atoms with Gasteiger partial charge in [0.2, 0.25) is 0 Å². The van der Waals surface area contributed by atoms with Crippen molar-refractivity contribution in [3.63, 3.8) is 0 Å². The first-order chi connectivity index (χ1) is 14.6. The van der Waals surface area contributed by atoms with Crippen LogP contribution in [0.2, 0.25) is 5.02 Å². The first-order valence-electron chi connectivity index (χ1n) is 9.36. The Hall–Kier alpha value is -3.04. The van der Waals surface area contributed by atoms with Crippen molar-refractivity contribution >= 4 is 44.6 Å². The molecule has 2 N–H and O–H groups in total. The molecule has 2 aromatic carbocycles. The minimum atomic E-state index is -3.89. The molecule has 3 aromatic rings. The average Bonchev–Trinajstić information content (AvgIpc) is 2.70. The van der Waals surface area contributed by atoms with Crippen LogP contribution in [0.15, 0.2) is 47.4 Å². The number of ether oxygens (including phenoxy) is 1. The second-order valence-corrected chi connectivity index (χ2v) is 9.17. The molecule has 0 amide bonds. The summed E-state index contributed by atoms with van der Waals surface area (Å²) < 4.78 is 33.5. The standard InChI is InChI=1S/C21H24ClN5O3S/c1-13-10-18(30-5)19(11-17(13)22)31(28,29)26-16-8-6-15(7-9-16)25-20-12-21(27(3)4)24-14(2)23-20/h6-12,26H,1-5H3,(H,23,24,25). The number of nitrogens with one attached hydrogen (secondary N) is 2. The van der Waals surface area contributed by atoms with E-state index in [1.165, 1.54) is 13.2 Å². The molecule has 3 rings (SSSR count). The number of methoxy groups -OCH3 is 1. The maximum atomic E-state index is 12.9. The number of aryl methyl sites for hydroxylation is 2. The molecule has 0 atom stereocenters. The lowest BCUT2D eigenvalue weighted by Gasteiger charge is -2.15. The molecule has 0 aliphatic heterocycles. The predicted molar refractivity (Wildman–Crippen MR) is 124 cm³/mol. The molecule has 0 bridgehead atoms. The Morgan fingerprint density at radius 3 is 2.26 bits per heavy atom. The van der Waals surface area contributed by atoms with Crippen molar-refractivity contribution < 1.29 is 13.2 Å². The van der Waals surface area contributed by atoms with E-state index >= 15 is 0 Å². The molecule has 0 spiro atoms. The smallest absolute Gasteiger partial charge is 0.265 e. The van der Waals surface area contributed by atoms with Crippen LogP contribution in [0, 0.1) is 13.8 Å².